The largest absolute Gasteiger partial charge is 0.311 e. The topological polar surface area (TPSA) is 22.6 Å². The third-order valence-corrected chi connectivity index (χ3v) is 14.5. The number of pyridine rings is 1. The molecule has 0 fully saturated rings. The zero-order chi connectivity index (χ0) is 51.3. The van der Waals surface area contributed by atoms with Crippen LogP contribution in [0.4, 0.5) is 51.2 Å². The standard InChI is InChI=1S/C73H52N4/c1-3-23-63(24-4-1)75(65-39-31-53(32-40-65)59-19-11-21-61(51-59)55-35-43-67(44-36-55)76(64-25-5-2-6-26-64)72-29-13-17-57-15-7-9-27-70(57)72)66-41-33-54(34-42-66)60-20-12-22-62(52-60)56-37-45-68(46-38-56)77(69-47-49-74-50-48-69)73-30-14-18-58-16-8-10-28-71(58)73/h1-52H. The average molecular weight is 985 g/mol. The summed E-state index contributed by atoms with van der Waals surface area (Å²) in [5.41, 5.74) is 19.2. The Hall–Kier alpha value is -10.3. The molecule has 4 nitrogen and oxygen atoms in total. The van der Waals surface area contributed by atoms with Crippen molar-refractivity contribution in [3.05, 3.63) is 316 Å². The van der Waals surface area contributed by atoms with Gasteiger partial charge >= 0.3 is 0 Å². The molecule has 1 heterocycles. The molecule has 77 heavy (non-hydrogen) atoms. The second-order valence-corrected chi connectivity index (χ2v) is 19.2. The first-order chi connectivity index (χ1) is 38.2. The van der Waals surface area contributed by atoms with Crippen molar-refractivity contribution < 1.29 is 0 Å². The van der Waals surface area contributed by atoms with Gasteiger partial charge in [0.1, 0.15) is 0 Å². The van der Waals surface area contributed by atoms with Gasteiger partial charge in [-0.15, -0.1) is 0 Å². The Kier molecular flexibility index (Phi) is 12.6. The molecule has 13 aromatic rings. The van der Waals surface area contributed by atoms with Gasteiger partial charge in [-0.05, 0) is 164 Å². The molecule has 0 amide bonds. The lowest BCUT2D eigenvalue weighted by Crippen LogP contribution is -2.10. The van der Waals surface area contributed by atoms with Gasteiger partial charge in [0.25, 0.3) is 0 Å². The van der Waals surface area contributed by atoms with Crippen molar-refractivity contribution in [3.8, 4) is 44.5 Å². The van der Waals surface area contributed by atoms with Crippen molar-refractivity contribution in [2.75, 3.05) is 14.7 Å². The van der Waals surface area contributed by atoms with E-state index in [2.05, 4.69) is 323 Å². The van der Waals surface area contributed by atoms with E-state index in [9.17, 15) is 0 Å². The predicted octanol–water partition coefficient (Wildman–Crippen LogP) is 20.5. The molecule has 12 aromatic carbocycles. The molecule has 364 valence electrons. The Morgan fingerprint density at radius 1 is 0.195 bits per heavy atom. The molecule has 0 aliphatic carbocycles. The van der Waals surface area contributed by atoms with Crippen molar-refractivity contribution in [1.29, 1.82) is 0 Å². The molecule has 0 radical (unpaired) electrons. The maximum atomic E-state index is 4.32. The summed E-state index contributed by atoms with van der Waals surface area (Å²) in [5.74, 6) is 0. The summed E-state index contributed by atoms with van der Waals surface area (Å²) in [7, 11) is 0. The Labute approximate surface area is 450 Å². The molecule has 0 unspecified atom stereocenters. The maximum absolute atomic E-state index is 4.32. The fourth-order valence-electron chi connectivity index (χ4n) is 10.7. The zero-order valence-corrected chi connectivity index (χ0v) is 42.3. The molecule has 0 saturated carbocycles. The Morgan fingerprint density at radius 2 is 0.481 bits per heavy atom. The first kappa shape index (κ1) is 46.5. The number of anilines is 9. The maximum Gasteiger partial charge on any atom is 0.0540 e. The van der Waals surface area contributed by atoms with Crippen LogP contribution in [0.2, 0.25) is 0 Å². The van der Waals surface area contributed by atoms with Crippen LogP contribution >= 0.6 is 0 Å². The van der Waals surface area contributed by atoms with E-state index in [-0.39, 0.29) is 0 Å². The van der Waals surface area contributed by atoms with Crippen molar-refractivity contribution in [1.82, 2.24) is 4.98 Å². The summed E-state index contributed by atoms with van der Waals surface area (Å²) in [6.45, 7) is 0. The molecule has 0 spiro atoms. The minimum atomic E-state index is 1.06. The van der Waals surface area contributed by atoms with Gasteiger partial charge in [0, 0.05) is 63.0 Å². The van der Waals surface area contributed by atoms with Gasteiger partial charge < -0.3 is 14.7 Å². The first-order valence-corrected chi connectivity index (χ1v) is 26.2. The summed E-state index contributed by atoms with van der Waals surface area (Å²) in [5, 5.41) is 4.83. The smallest absolute Gasteiger partial charge is 0.0540 e. The molecule has 0 atom stereocenters. The van der Waals surface area contributed by atoms with Crippen molar-refractivity contribution in [2.45, 2.75) is 0 Å². The van der Waals surface area contributed by atoms with Crippen LogP contribution in [0.5, 0.6) is 0 Å². The quantitative estimate of drug-likeness (QED) is 0.115. The molecule has 0 bridgehead atoms. The van der Waals surface area contributed by atoms with Crippen LogP contribution in [0, 0.1) is 0 Å². The van der Waals surface area contributed by atoms with Crippen molar-refractivity contribution in [3.63, 3.8) is 0 Å². The SMILES string of the molecule is c1ccc(N(c2ccc(-c3cccc(-c4ccc(N(c5ccccc5)c5cccc6ccccc56)cc4)c3)cc2)c2ccc(-c3cccc(-c4ccc(N(c5ccncc5)c5cccc6ccccc56)cc4)c3)cc2)cc1. The average Bonchev–Trinajstić information content (AvgIpc) is 3.51. The van der Waals surface area contributed by atoms with Crippen LogP contribution in [-0.4, -0.2) is 4.98 Å². The fraction of sp³-hybridized carbons (Fsp3) is 0. The molecular formula is C73H52N4. The van der Waals surface area contributed by atoms with Crippen LogP contribution in [-0.2, 0) is 0 Å². The van der Waals surface area contributed by atoms with E-state index >= 15 is 0 Å². The number of hydrogen-bond acceptors (Lipinski definition) is 4. The second-order valence-electron chi connectivity index (χ2n) is 19.2. The van der Waals surface area contributed by atoms with E-state index in [1.54, 1.807) is 0 Å². The van der Waals surface area contributed by atoms with E-state index in [1.807, 2.05) is 12.4 Å². The summed E-state index contributed by atoms with van der Waals surface area (Å²) in [6, 6.07) is 109. The highest BCUT2D eigenvalue weighted by Crippen LogP contribution is 2.43. The van der Waals surface area contributed by atoms with Gasteiger partial charge in [-0.3, -0.25) is 4.98 Å². The highest BCUT2D eigenvalue weighted by molar-refractivity contribution is 6.00. The van der Waals surface area contributed by atoms with Gasteiger partial charge in [0.2, 0.25) is 0 Å². The Balaban J connectivity index is 0.749. The predicted molar refractivity (Wildman–Crippen MR) is 325 cm³/mol. The lowest BCUT2D eigenvalue weighted by Gasteiger charge is -2.27. The molecule has 0 saturated heterocycles. The third kappa shape index (κ3) is 9.48. The van der Waals surface area contributed by atoms with Crippen LogP contribution in [0.15, 0.2) is 316 Å². The molecule has 1 aromatic heterocycles. The van der Waals surface area contributed by atoms with Crippen LogP contribution < -0.4 is 14.7 Å². The minimum absolute atomic E-state index is 1.06. The molecule has 0 N–H and O–H groups in total. The van der Waals surface area contributed by atoms with Crippen LogP contribution in [0.1, 0.15) is 0 Å². The number of benzene rings is 12. The molecule has 13 rings (SSSR count). The van der Waals surface area contributed by atoms with E-state index in [0.717, 1.165) is 79.0 Å². The molecular weight excluding hydrogens is 933 g/mol. The lowest BCUT2D eigenvalue weighted by atomic mass is 9.98. The number of hydrogen-bond donors (Lipinski definition) is 0. The first-order valence-electron chi connectivity index (χ1n) is 26.2. The van der Waals surface area contributed by atoms with Crippen LogP contribution in [0.3, 0.4) is 0 Å². The monoisotopic (exact) mass is 984 g/mol. The number of nitrogens with zero attached hydrogens (tertiary/aromatic N) is 4. The Bertz CT molecular complexity index is 3860. The normalized spacial score (nSPS) is 11.1. The number of aromatic nitrogens is 1. The number of para-hydroxylation sites is 2. The minimum Gasteiger partial charge on any atom is -0.311 e. The van der Waals surface area contributed by atoms with E-state index in [4.69, 9.17) is 0 Å². The van der Waals surface area contributed by atoms with Gasteiger partial charge in [-0.25, -0.2) is 0 Å². The third-order valence-electron chi connectivity index (χ3n) is 14.5. The summed E-state index contributed by atoms with van der Waals surface area (Å²) >= 11 is 0. The summed E-state index contributed by atoms with van der Waals surface area (Å²) < 4.78 is 0. The number of rotatable bonds is 13. The van der Waals surface area contributed by atoms with Crippen molar-refractivity contribution in [2.24, 2.45) is 0 Å². The zero-order valence-electron chi connectivity index (χ0n) is 42.3. The fourth-order valence-corrected chi connectivity index (χ4v) is 10.7. The summed E-state index contributed by atoms with van der Waals surface area (Å²) in [4.78, 5) is 11.3. The molecule has 0 aliphatic heterocycles. The van der Waals surface area contributed by atoms with E-state index in [1.165, 1.54) is 38.2 Å². The van der Waals surface area contributed by atoms with Gasteiger partial charge in [-0.2, -0.15) is 0 Å². The molecule has 0 aliphatic rings. The van der Waals surface area contributed by atoms with Crippen LogP contribution in [0.25, 0.3) is 66.1 Å². The molecule has 4 heteroatoms. The van der Waals surface area contributed by atoms with E-state index < -0.39 is 0 Å². The van der Waals surface area contributed by atoms with Gasteiger partial charge in [-0.1, -0.05) is 194 Å². The van der Waals surface area contributed by atoms with Gasteiger partial charge in [0.15, 0.2) is 0 Å². The lowest BCUT2D eigenvalue weighted by molar-refractivity contribution is 1.25. The highest BCUT2D eigenvalue weighted by atomic mass is 15.2. The number of fused-ring (bicyclic) bond motifs is 2. The van der Waals surface area contributed by atoms with Crippen molar-refractivity contribution >= 4 is 72.7 Å². The van der Waals surface area contributed by atoms with Gasteiger partial charge in [0.05, 0.1) is 11.4 Å². The highest BCUT2D eigenvalue weighted by Gasteiger charge is 2.18. The summed E-state index contributed by atoms with van der Waals surface area (Å²) in [6.07, 6.45) is 3.71. The van der Waals surface area contributed by atoms with E-state index in [0.29, 0.717) is 0 Å². The second kappa shape index (κ2) is 20.9. The Morgan fingerprint density at radius 3 is 0.870 bits per heavy atom.